The molecule has 4 rings (SSSR count). The molecule has 7 nitrogen and oxygen atoms in total. The van der Waals surface area contributed by atoms with E-state index in [0.29, 0.717) is 27.4 Å². The molecule has 0 aliphatic heterocycles. The van der Waals surface area contributed by atoms with Crippen molar-refractivity contribution < 1.29 is 9.53 Å². The van der Waals surface area contributed by atoms with Crippen molar-refractivity contribution >= 4 is 46.5 Å². The Morgan fingerprint density at radius 2 is 1.75 bits per heavy atom. The van der Waals surface area contributed by atoms with Gasteiger partial charge in [-0.1, -0.05) is 46.9 Å². The van der Waals surface area contributed by atoms with Gasteiger partial charge in [-0.05, 0) is 54.4 Å². The summed E-state index contributed by atoms with van der Waals surface area (Å²) < 4.78 is 8.90. The van der Waals surface area contributed by atoms with Crippen molar-refractivity contribution in [1.82, 2.24) is 19.6 Å². The van der Waals surface area contributed by atoms with Crippen LogP contribution in [0.1, 0.15) is 21.6 Å². The number of benzene rings is 2. The van der Waals surface area contributed by atoms with E-state index in [-0.39, 0.29) is 18.2 Å². The van der Waals surface area contributed by atoms with E-state index in [1.807, 2.05) is 25.1 Å². The summed E-state index contributed by atoms with van der Waals surface area (Å²) in [6.45, 7) is 2.54. The van der Waals surface area contributed by atoms with Crippen LogP contribution >= 0.6 is 34.8 Å². The molecule has 2 aromatic carbocycles. The maximum absolute atomic E-state index is 12.6. The molecular formula is C22H18Cl3N5O2. The molecule has 2 aromatic heterocycles. The first-order chi connectivity index (χ1) is 15.4. The summed E-state index contributed by atoms with van der Waals surface area (Å²) in [5.74, 6) is 0.521. The third-order valence-corrected chi connectivity index (χ3v) is 5.33. The quantitative estimate of drug-likeness (QED) is 0.361. The molecule has 32 heavy (non-hydrogen) atoms. The van der Waals surface area contributed by atoms with Gasteiger partial charge < -0.3 is 10.1 Å². The van der Waals surface area contributed by atoms with Crippen molar-refractivity contribution in [1.29, 1.82) is 0 Å². The van der Waals surface area contributed by atoms with E-state index in [0.717, 1.165) is 11.1 Å². The summed E-state index contributed by atoms with van der Waals surface area (Å²) in [4.78, 5) is 12.6. The third-order valence-electron chi connectivity index (χ3n) is 4.57. The Labute approximate surface area is 199 Å². The molecule has 0 saturated carbocycles. The molecule has 0 fully saturated rings. The van der Waals surface area contributed by atoms with Crippen molar-refractivity contribution in [2.75, 3.05) is 5.32 Å². The molecule has 2 heterocycles. The normalized spacial score (nSPS) is 10.9. The molecule has 0 radical (unpaired) electrons. The van der Waals surface area contributed by atoms with Gasteiger partial charge in [0.25, 0.3) is 5.91 Å². The lowest BCUT2D eigenvalue weighted by Crippen LogP contribution is -2.15. The Morgan fingerprint density at radius 3 is 2.50 bits per heavy atom. The highest BCUT2D eigenvalue weighted by molar-refractivity contribution is 6.33. The number of nitrogens with zero attached hydrogens (tertiary/aromatic N) is 4. The molecule has 4 aromatic rings. The van der Waals surface area contributed by atoms with Crippen molar-refractivity contribution in [3.63, 3.8) is 0 Å². The van der Waals surface area contributed by atoms with Gasteiger partial charge in [-0.3, -0.25) is 9.48 Å². The fourth-order valence-electron chi connectivity index (χ4n) is 2.98. The molecule has 1 N–H and O–H groups in total. The number of rotatable bonds is 7. The van der Waals surface area contributed by atoms with Crippen LogP contribution in [0.3, 0.4) is 0 Å². The zero-order chi connectivity index (χ0) is 22.7. The smallest absolute Gasteiger partial charge is 0.277 e. The maximum atomic E-state index is 12.6. The zero-order valence-electron chi connectivity index (χ0n) is 16.9. The molecule has 0 atom stereocenters. The lowest BCUT2D eigenvalue weighted by Gasteiger charge is -2.09. The second-order valence-corrected chi connectivity index (χ2v) is 8.31. The molecule has 10 heteroatoms. The Balaban J connectivity index is 1.37. The van der Waals surface area contributed by atoms with Crippen LogP contribution in [-0.2, 0) is 13.3 Å². The molecule has 0 bridgehead atoms. The number of halogens is 3. The van der Waals surface area contributed by atoms with E-state index >= 15 is 0 Å². The number of nitrogens with one attached hydrogen (secondary N) is 1. The van der Waals surface area contributed by atoms with Gasteiger partial charge >= 0.3 is 0 Å². The van der Waals surface area contributed by atoms with Crippen molar-refractivity contribution in [2.24, 2.45) is 0 Å². The summed E-state index contributed by atoms with van der Waals surface area (Å²) in [6.07, 6.45) is 3.30. The van der Waals surface area contributed by atoms with E-state index in [4.69, 9.17) is 39.5 Å². The number of carbonyl (C=O) groups excluding carboxylic acids is 1. The van der Waals surface area contributed by atoms with E-state index in [9.17, 15) is 4.79 Å². The van der Waals surface area contributed by atoms with Gasteiger partial charge in [-0.25, -0.2) is 4.68 Å². The molecule has 0 unspecified atom stereocenters. The fraction of sp³-hybridized carbons (Fsp3) is 0.136. The highest BCUT2D eigenvalue weighted by atomic mass is 35.5. The summed E-state index contributed by atoms with van der Waals surface area (Å²) in [5, 5.41) is 12.9. The van der Waals surface area contributed by atoms with Crippen LogP contribution in [0.2, 0.25) is 15.1 Å². The Hall–Kier alpha value is -3.00. The summed E-state index contributed by atoms with van der Waals surface area (Å²) in [7, 11) is 0. The summed E-state index contributed by atoms with van der Waals surface area (Å²) in [5.41, 5.74) is 2.12. The van der Waals surface area contributed by atoms with Crippen LogP contribution in [-0.4, -0.2) is 25.5 Å². The SMILES string of the molecule is Cc1cc(Cl)ccc1OCn1ccc(C(=O)Nc2nn(Cc3ccc(Cl)cc3)cc2Cl)n1. The summed E-state index contributed by atoms with van der Waals surface area (Å²) in [6, 6.07) is 14.4. The number of carbonyl (C=O) groups is 1. The predicted octanol–water partition coefficient (Wildman–Crippen LogP) is 5.69. The van der Waals surface area contributed by atoms with Crippen molar-refractivity contribution in [2.45, 2.75) is 20.2 Å². The van der Waals surface area contributed by atoms with Crippen LogP contribution in [0.25, 0.3) is 0 Å². The van der Waals surface area contributed by atoms with E-state index in [2.05, 4.69) is 15.5 Å². The van der Waals surface area contributed by atoms with Gasteiger partial charge in [0.1, 0.15) is 10.8 Å². The molecule has 164 valence electrons. The number of ether oxygens (including phenoxy) is 1. The standard InChI is InChI=1S/C22H18Cl3N5O2/c1-14-10-17(24)6-7-20(14)32-13-29-9-8-19(27-29)22(31)26-21-18(25)12-30(28-21)11-15-2-4-16(23)5-3-15/h2-10,12H,11,13H2,1H3,(H,26,28,31). The lowest BCUT2D eigenvalue weighted by atomic mass is 10.2. The first-order valence-corrected chi connectivity index (χ1v) is 10.7. The molecule has 1 amide bonds. The fourth-order valence-corrected chi connectivity index (χ4v) is 3.53. The van der Waals surface area contributed by atoms with Crippen LogP contribution in [0.4, 0.5) is 5.82 Å². The summed E-state index contributed by atoms with van der Waals surface area (Å²) >= 11 is 18.1. The van der Waals surface area contributed by atoms with Crippen LogP contribution in [0.5, 0.6) is 5.75 Å². The first kappa shape index (κ1) is 22.2. The first-order valence-electron chi connectivity index (χ1n) is 9.58. The number of anilines is 1. The Bertz CT molecular complexity index is 1250. The highest BCUT2D eigenvalue weighted by Gasteiger charge is 2.15. The van der Waals surface area contributed by atoms with Crippen LogP contribution < -0.4 is 10.1 Å². The van der Waals surface area contributed by atoms with Gasteiger partial charge in [0.15, 0.2) is 18.2 Å². The average Bonchev–Trinajstić information content (AvgIpc) is 3.36. The minimum atomic E-state index is -0.426. The van der Waals surface area contributed by atoms with Crippen LogP contribution in [0.15, 0.2) is 60.9 Å². The maximum Gasteiger partial charge on any atom is 0.277 e. The van der Waals surface area contributed by atoms with Crippen LogP contribution in [0, 0.1) is 6.92 Å². The molecule has 0 aliphatic carbocycles. The largest absolute Gasteiger partial charge is 0.471 e. The third kappa shape index (κ3) is 5.43. The topological polar surface area (TPSA) is 74.0 Å². The minimum Gasteiger partial charge on any atom is -0.471 e. The van der Waals surface area contributed by atoms with E-state index in [1.165, 1.54) is 4.68 Å². The van der Waals surface area contributed by atoms with Gasteiger partial charge in [0, 0.05) is 22.4 Å². The molecule has 0 aliphatic rings. The number of aromatic nitrogens is 4. The number of amides is 1. The Morgan fingerprint density at radius 1 is 1.00 bits per heavy atom. The van der Waals surface area contributed by atoms with E-state index in [1.54, 1.807) is 47.4 Å². The Kier molecular flexibility index (Phi) is 6.69. The monoisotopic (exact) mass is 489 g/mol. The molecule has 0 saturated heterocycles. The van der Waals surface area contributed by atoms with E-state index < -0.39 is 5.91 Å². The van der Waals surface area contributed by atoms with Gasteiger partial charge in [0.05, 0.1) is 6.54 Å². The average molecular weight is 491 g/mol. The zero-order valence-corrected chi connectivity index (χ0v) is 19.2. The minimum absolute atomic E-state index is 0.145. The number of aryl methyl sites for hydroxylation is 1. The lowest BCUT2D eigenvalue weighted by molar-refractivity contribution is 0.101. The molecule has 0 spiro atoms. The number of hydrogen-bond acceptors (Lipinski definition) is 4. The van der Waals surface area contributed by atoms with Gasteiger partial charge in [0.2, 0.25) is 0 Å². The van der Waals surface area contributed by atoms with Gasteiger partial charge in [-0.2, -0.15) is 10.2 Å². The predicted molar refractivity (Wildman–Crippen MR) is 125 cm³/mol. The second kappa shape index (κ2) is 9.65. The van der Waals surface area contributed by atoms with Gasteiger partial charge in [-0.15, -0.1) is 0 Å². The second-order valence-electron chi connectivity index (χ2n) is 7.03. The van der Waals surface area contributed by atoms with Crippen molar-refractivity contribution in [3.05, 3.63) is 92.8 Å². The molecular weight excluding hydrogens is 473 g/mol. The highest BCUT2D eigenvalue weighted by Crippen LogP contribution is 2.23. The number of hydrogen-bond donors (Lipinski definition) is 1. The van der Waals surface area contributed by atoms with Crippen molar-refractivity contribution in [3.8, 4) is 5.75 Å².